The van der Waals surface area contributed by atoms with E-state index in [1.165, 1.54) is 6.07 Å². The molecule has 8 heteroatoms. The lowest BCUT2D eigenvalue weighted by Crippen LogP contribution is -2.05. The molecular formula is C20H20N4O4. The van der Waals surface area contributed by atoms with Gasteiger partial charge >= 0.3 is 5.97 Å². The molecule has 28 heavy (non-hydrogen) atoms. The molecule has 0 unspecified atom stereocenters. The lowest BCUT2D eigenvalue weighted by atomic mass is 10.2. The number of aryl methyl sites for hydroxylation is 1. The smallest absolute Gasteiger partial charge is 0.337 e. The van der Waals surface area contributed by atoms with Crippen LogP contribution in [-0.2, 0) is 0 Å². The average molecular weight is 380 g/mol. The van der Waals surface area contributed by atoms with Gasteiger partial charge in [0.2, 0.25) is 0 Å². The Balaban J connectivity index is 1.90. The van der Waals surface area contributed by atoms with Crippen LogP contribution in [0.5, 0.6) is 11.5 Å². The van der Waals surface area contributed by atoms with E-state index in [1.807, 2.05) is 6.07 Å². The molecule has 0 atom stereocenters. The van der Waals surface area contributed by atoms with Crippen LogP contribution in [0, 0.1) is 6.92 Å². The first-order valence-corrected chi connectivity index (χ1v) is 8.44. The van der Waals surface area contributed by atoms with E-state index in [4.69, 9.17) is 9.47 Å². The van der Waals surface area contributed by atoms with Crippen molar-refractivity contribution in [3.8, 4) is 11.5 Å². The number of para-hydroxylation sites is 1. The van der Waals surface area contributed by atoms with Crippen LogP contribution < -0.4 is 20.1 Å². The first kappa shape index (κ1) is 19.0. The van der Waals surface area contributed by atoms with Crippen LogP contribution in [0.25, 0.3) is 0 Å². The van der Waals surface area contributed by atoms with Gasteiger partial charge in [0, 0.05) is 12.1 Å². The Hall–Kier alpha value is -3.81. The highest BCUT2D eigenvalue weighted by Gasteiger charge is 2.12. The van der Waals surface area contributed by atoms with Crippen LogP contribution in [0.3, 0.4) is 0 Å². The van der Waals surface area contributed by atoms with E-state index in [-0.39, 0.29) is 5.56 Å². The molecule has 0 bridgehead atoms. The van der Waals surface area contributed by atoms with E-state index in [1.54, 1.807) is 57.5 Å². The summed E-state index contributed by atoms with van der Waals surface area (Å²) in [5, 5.41) is 15.6. The van der Waals surface area contributed by atoms with E-state index in [0.717, 1.165) is 0 Å². The van der Waals surface area contributed by atoms with Gasteiger partial charge in [0.1, 0.15) is 29.0 Å². The SMILES string of the molecule is COc1ccc(Nc2cc(Nc3ccccc3C(=O)O)nc(C)n2)c(OC)c1. The van der Waals surface area contributed by atoms with Gasteiger partial charge in [-0.25, -0.2) is 14.8 Å². The monoisotopic (exact) mass is 380 g/mol. The van der Waals surface area contributed by atoms with E-state index >= 15 is 0 Å². The van der Waals surface area contributed by atoms with Gasteiger partial charge in [-0.2, -0.15) is 0 Å². The second-order valence-corrected chi connectivity index (χ2v) is 5.85. The van der Waals surface area contributed by atoms with Crippen LogP contribution in [0.1, 0.15) is 16.2 Å². The maximum absolute atomic E-state index is 11.4. The second-order valence-electron chi connectivity index (χ2n) is 5.85. The number of carboxylic acids is 1. The Morgan fingerprint density at radius 1 is 0.929 bits per heavy atom. The van der Waals surface area contributed by atoms with Crippen LogP contribution in [-0.4, -0.2) is 35.3 Å². The summed E-state index contributed by atoms with van der Waals surface area (Å²) in [7, 11) is 3.16. The molecule has 3 N–H and O–H groups in total. The molecule has 1 heterocycles. The minimum absolute atomic E-state index is 0.157. The van der Waals surface area contributed by atoms with Gasteiger partial charge in [-0.3, -0.25) is 0 Å². The zero-order chi connectivity index (χ0) is 20.1. The van der Waals surface area contributed by atoms with E-state index in [9.17, 15) is 9.90 Å². The number of hydrogen-bond acceptors (Lipinski definition) is 7. The second kappa shape index (κ2) is 8.26. The highest BCUT2D eigenvalue weighted by Crippen LogP contribution is 2.31. The number of ether oxygens (including phenoxy) is 2. The molecular weight excluding hydrogens is 360 g/mol. The molecule has 0 fully saturated rings. The molecule has 0 spiro atoms. The van der Waals surface area contributed by atoms with Crippen molar-refractivity contribution >= 4 is 29.0 Å². The number of carbonyl (C=O) groups is 1. The quantitative estimate of drug-likeness (QED) is 0.565. The van der Waals surface area contributed by atoms with Crippen molar-refractivity contribution in [2.45, 2.75) is 6.92 Å². The third-order valence-electron chi connectivity index (χ3n) is 3.93. The lowest BCUT2D eigenvalue weighted by molar-refractivity contribution is 0.0698. The molecule has 1 aromatic heterocycles. The minimum Gasteiger partial charge on any atom is -0.497 e. The van der Waals surface area contributed by atoms with Crippen LogP contribution in [0.2, 0.25) is 0 Å². The fourth-order valence-corrected chi connectivity index (χ4v) is 2.65. The summed E-state index contributed by atoms with van der Waals surface area (Å²) in [6.45, 7) is 1.75. The van der Waals surface area contributed by atoms with Gasteiger partial charge in [-0.1, -0.05) is 12.1 Å². The molecule has 0 saturated heterocycles. The zero-order valence-corrected chi connectivity index (χ0v) is 15.7. The van der Waals surface area contributed by atoms with Crippen molar-refractivity contribution in [3.63, 3.8) is 0 Å². The number of hydrogen-bond donors (Lipinski definition) is 3. The fourth-order valence-electron chi connectivity index (χ4n) is 2.65. The summed E-state index contributed by atoms with van der Waals surface area (Å²) >= 11 is 0. The van der Waals surface area contributed by atoms with Gasteiger partial charge in [0.15, 0.2) is 0 Å². The molecule has 0 saturated carbocycles. The Morgan fingerprint density at radius 2 is 1.61 bits per heavy atom. The zero-order valence-electron chi connectivity index (χ0n) is 15.7. The van der Waals surface area contributed by atoms with Gasteiger partial charge < -0.3 is 25.2 Å². The fraction of sp³-hybridized carbons (Fsp3) is 0.150. The molecule has 2 aromatic carbocycles. The normalized spacial score (nSPS) is 10.2. The van der Waals surface area contributed by atoms with Crippen molar-refractivity contribution < 1.29 is 19.4 Å². The molecule has 3 aromatic rings. The van der Waals surface area contributed by atoms with Crippen molar-refractivity contribution in [1.82, 2.24) is 9.97 Å². The maximum atomic E-state index is 11.4. The molecule has 0 aliphatic rings. The predicted octanol–water partition coefficient (Wildman–Crippen LogP) is 3.99. The summed E-state index contributed by atoms with van der Waals surface area (Å²) < 4.78 is 10.6. The third-order valence-corrected chi connectivity index (χ3v) is 3.93. The van der Waals surface area contributed by atoms with Crippen molar-refractivity contribution in [2.24, 2.45) is 0 Å². The van der Waals surface area contributed by atoms with E-state index in [2.05, 4.69) is 20.6 Å². The summed E-state index contributed by atoms with van der Waals surface area (Å²) in [5.74, 6) is 1.78. The summed E-state index contributed by atoms with van der Waals surface area (Å²) in [5.41, 5.74) is 1.31. The first-order chi connectivity index (χ1) is 13.5. The van der Waals surface area contributed by atoms with Crippen molar-refractivity contribution in [3.05, 3.63) is 59.9 Å². The molecule has 8 nitrogen and oxygen atoms in total. The standard InChI is InChI=1S/C20H20N4O4/c1-12-21-18(23-15-7-5-4-6-14(15)20(25)26)11-19(22-12)24-16-9-8-13(27-2)10-17(16)28-3/h4-11H,1-3H3,(H,25,26)(H2,21,22,23,24). The van der Waals surface area contributed by atoms with Crippen LogP contribution >= 0.6 is 0 Å². The van der Waals surface area contributed by atoms with Crippen LogP contribution in [0.4, 0.5) is 23.0 Å². The number of carboxylic acid groups (broad SMARTS) is 1. The van der Waals surface area contributed by atoms with Gasteiger partial charge in [-0.15, -0.1) is 0 Å². The maximum Gasteiger partial charge on any atom is 0.337 e. The molecule has 0 radical (unpaired) electrons. The number of nitrogens with zero attached hydrogens (tertiary/aromatic N) is 2. The highest BCUT2D eigenvalue weighted by atomic mass is 16.5. The Bertz CT molecular complexity index is 1010. The molecule has 0 aliphatic carbocycles. The molecule has 144 valence electrons. The number of methoxy groups -OCH3 is 2. The van der Waals surface area contributed by atoms with Gasteiger partial charge in [-0.05, 0) is 31.2 Å². The Labute approximate surface area is 162 Å². The van der Waals surface area contributed by atoms with Crippen LogP contribution in [0.15, 0.2) is 48.5 Å². The number of rotatable bonds is 7. The van der Waals surface area contributed by atoms with Crippen molar-refractivity contribution in [1.29, 1.82) is 0 Å². The summed E-state index contributed by atoms with van der Waals surface area (Å²) in [4.78, 5) is 20.1. The van der Waals surface area contributed by atoms with E-state index < -0.39 is 5.97 Å². The lowest BCUT2D eigenvalue weighted by Gasteiger charge is -2.14. The average Bonchev–Trinajstić information content (AvgIpc) is 2.68. The number of benzene rings is 2. The number of nitrogens with one attached hydrogen (secondary N) is 2. The topological polar surface area (TPSA) is 106 Å². The predicted molar refractivity (Wildman–Crippen MR) is 106 cm³/mol. The summed E-state index contributed by atoms with van der Waals surface area (Å²) in [6, 6.07) is 13.7. The Morgan fingerprint density at radius 3 is 2.25 bits per heavy atom. The number of aromatic nitrogens is 2. The number of aromatic carboxylic acids is 1. The van der Waals surface area contributed by atoms with E-state index in [0.29, 0.717) is 40.3 Å². The molecule has 0 amide bonds. The molecule has 0 aliphatic heterocycles. The summed E-state index contributed by atoms with van der Waals surface area (Å²) in [6.07, 6.45) is 0. The largest absolute Gasteiger partial charge is 0.497 e. The first-order valence-electron chi connectivity index (χ1n) is 8.44. The molecule has 3 rings (SSSR count). The van der Waals surface area contributed by atoms with Gasteiger partial charge in [0.05, 0.1) is 31.2 Å². The number of anilines is 4. The minimum atomic E-state index is -1.02. The Kier molecular flexibility index (Phi) is 5.59. The van der Waals surface area contributed by atoms with Gasteiger partial charge in [0.25, 0.3) is 0 Å². The third kappa shape index (κ3) is 4.29. The van der Waals surface area contributed by atoms with Crippen molar-refractivity contribution in [2.75, 3.05) is 24.9 Å². The highest BCUT2D eigenvalue weighted by molar-refractivity contribution is 5.95.